The molecule has 1 aromatic carbocycles. The summed E-state index contributed by atoms with van der Waals surface area (Å²) in [5.74, 6) is 0.702. The second kappa shape index (κ2) is 6.11. The summed E-state index contributed by atoms with van der Waals surface area (Å²) in [6, 6.07) is 6.58. The zero-order valence-corrected chi connectivity index (χ0v) is 14.4. The van der Waals surface area contributed by atoms with Crippen LogP contribution >= 0.6 is 11.3 Å². The van der Waals surface area contributed by atoms with Gasteiger partial charge in [0.05, 0.1) is 17.6 Å². The predicted molar refractivity (Wildman–Crippen MR) is 95.0 cm³/mol. The molecular formula is C18H18FN3OS. The lowest BCUT2D eigenvalue weighted by Crippen LogP contribution is -2.45. The molecule has 1 saturated heterocycles. The molecule has 0 spiro atoms. The van der Waals surface area contributed by atoms with Crippen LogP contribution in [0.15, 0.2) is 36.0 Å². The van der Waals surface area contributed by atoms with Gasteiger partial charge in [-0.25, -0.2) is 14.4 Å². The highest BCUT2D eigenvalue weighted by atomic mass is 32.1. The maximum Gasteiger partial charge on any atom is 0.141 e. The molecule has 3 heterocycles. The first-order valence-electron chi connectivity index (χ1n) is 8.00. The molecule has 3 aromatic rings. The van der Waals surface area contributed by atoms with Crippen LogP contribution in [0, 0.1) is 5.82 Å². The molecule has 1 aliphatic rings. The molecule has 0 saturated carbocycles. The lowest BCUT2D eigenvalue weighted by molar-refractivity contribution is -0.00537. The molecule has 2 aromatic heterocycles. The molecule has 0 radical (unpaired) electrons. The fourth-order valence-electron chi connectivity index (χ4n) is 3.29. The second-order valence-electron chi connectivity index (χ2n) is 6.20. The van der Waals surface area contributed by atoms with Gasteiger partial charge in [-0.1, -0.05) is 12.1 Å². The Bertz CT molecular complexity index is 854. The molecule has 0 unspecified atom stereocenters. The van der Waals surface area contributed by atoms with Gasteiger partial charge in [-0.05, 0) is 31.5 Å². The number of thiophene rings is 1. The maximum atomic E-state index is 13.3. The zero-order chi connectivity index (χ0) is 16.7. The van der Waals surface area contributed by atoms with Crippen LogP contribution in [0.2, 0.25) is 0 Å². The predicted octanol–water partition coefficient (Wildman–Crippen LogP) is 4.11. The molecule has 1 fully saturated rings. The Balaban J connectivity index is 1.84. The molecular weight excluding hydrogens is 325 g/mol. The number of anilines is 1. The van der Waals surface area contributed by atoms with E-state index in [0.717, 1.165) is 40.3 Å². The van der Waals surface area contributed by atoms with E-state index in [-0.39, 0.29) is 18.0 Å². The van der Waals surface area contributed by atoms with Crippen molar-refractivity contribution >= 4 is 27.4 Å². The van der Waals surface area contributed by atoms with Crippen molar-refractivity contribution in [3.05, 3.63) is 41.8 Å². The molecule has 0 N–H and O–H groups in total. The Hall–Kier alpha value is -2.05. The van der Waals surface area contributed by atoms with E-state index < -0.39 is 0 Å². The first-order valence-corrected chi connectivity index (χ1v) is 8.88. The van der Waals surface area contributed by atoms with Gasteiger partial charge < -0.3 is 9.64 Å². The van der Waals surface area contributed by atoms with Gasteiger partial charge in [0.1, 0.15) is 22.8 Å². The number of fused-ring (bicyclic) bond motifs is 1. The lowest BCUT2D eigenvalue weighted by atomic mass is 10.1. The molecule has 2 atom stereocenters. The molecule has 4 nitrogen and oxygen atoms in total. The van der Waals surface area contributed by atoms with Crippen molar-refractivity contribution in [2.24, 2.45) is 0 Å². The minimum absolute atomic E-state index is 0.159. The highest BCUT2D eigenvalue weighted by Gasteiger charge is 2.26. The van der Waals surface area contributed by atoms with E-state index in [1.807, 2.05) is 0 Å². The Labute approximate surface area is 143 Å². The van der Waals surface area contributed by atoms with Crippen LogP contribution < -0.4 is 4.90 Å². The van der Waals surface area contributed by atoms with Crippen molar-refractivity contribution in [1.29, 1.82) is 0 Å². The summed E-state index contributed by atoms with van der Waals surface area (Å²) in [6.07, 6.45) is 1.94. The molecule has 6 heteroatoms. The highest BCUT2D eigenvalue weighted by Crippen LogP contribution is 2.38. The van der Waals surface area contributed by atoms with E-state index in [0.29, 0.717) is 0 Å². The number of halogens is 1. The topological polar surface area (TPSA) is 38.2 Å². The van der Waals surface area contributed by atoms with E-state index >= 15 is 0 Å². The number of hydrogen-bond acceptors (Lipinski definition) is 5. The van der Waals surface area contributed by atoms with Gasteiger partial charge in [-0.3, -0.25) is 0 Å². The van der Waals surface area contributed by atoms with Gasteiger partial charge >= 0.3 is 0 Å². The number of benzene rings is 1. The normalized spacial score (nSPS) is 21.4. The third kappa shape index (κ3) is 2.76. The summed E-state index contributed by atoms with van der Waals surface area (Å²) in [7, 11) is 0. The first kappa shape index (κ1) is 15.5. The van der Waals surface area contributed by atoms with Gasteiger partial charge in [0.15, 0.2) is 0 Å². The monoisotopic (exact) mass is 343 g/mol. The van der Waals surface area contributed by atoms with Gasteiger partial charge in [-0.15, -0.1) is 11.3 Å². The SMILES string of the molecule is C[C@H]1CN(c2ncnc3scc(-c4ccc(F)cc4)c23)C[C@H](C)O1. The number of morpholine rings is 1. The first-order chi connectivity index (χ1) is 11.6. The number of aromatic nitrogens is 2. The zero-order valence-electron chi connectivity index (χ0n) is 13.6. The quantitative estimate of drug-likeness (QED) is 0.702. The summed E-state index contributed by atoms with van der Waals surface area (Å²) >= 11 is 1.59. The van der Waals surface area contributed by atoms with Crippen LogP contribution in [0.3, 0.4) is 0 Å². The summed E-state index contributed by atoms with van der Waals surface area (Å²) < 4.78 is 19.1. The van der Waals surface area contributed by atoms with Crippen molar-refractivity contribution < 1.29 is 9.13 Å². The van der Waals surface area contributed by atoms with Crippen LogP contribution in [0.25, 0.3) is 21.3 Å². The number of nitrogens with zero attached hydrogens (tertiary/aromatic N) is 3. The molecule has 0 amide bonds. The minimum Gasteiger partial charge on any atom is -0.372 e. The molecule has 1 aliphatic heterocycles. The molecule has 24 heavy (non-hydrogen) atoms. The average molecular weight is 343 g/mol. The van der Waals surface area contributed by atoms with Gasteiger partial charge in [0, 0.05) is 24.0 Å². The van der Waals surface area contributed by atoms with Crippen molar-refractivity contribution in [3.8, 4) is 11.1 Å². The number of ether oxygens (including phenoxy) is 1. The molecule has 4 rings (SSSR count). The van der Waals surface area contributed by atoms with Crippen LogP contribution in [0.1, 0.15) is 13.8 Å². The van der Waals surface area contributed by atoms with E-state index in [1.54, 1.807) is 29.8 Å². The van der Waals surface area contributed by atoms with Crippen molar-refractivity contribution in [2.45, 2.75) is 26.1 Å². The van der Waals surface area contributed by atoms with Gasteiger partial charge in [0.2, 0.25) is 0 Å². The van der Waals surface area contributed by atoms with E-state index in [1.165, 1.54) is 12.1 Å². The van der Waals surface area contributed by atoms with Crippen LogP contribution in [0.4, 0.5) is 10.2 Å². The van der Waals surface area contributed by atoms with E-state index in [2.05, 4.69) is 34.1 Å². The average Bonchev–Trinajstić information content (AvgIpc) is 2.99. The third-order valence-corrected chi connectivity index (χ3v) is 5.11. The van der Waals surface area contributed by atoms with Crippen LogP contribution in [-0.2, 0) is 4.74 Å². The Morgan fingerprint density at radius 3 is 2.54 bits per heavy atom. The lowest BCUT2D eigenvalue weighted by Gasteiger charge is -2.36. The van der Waals surface area contributed by atoms with E-state index in [4.69, 9.17) is 4.74 Å². The fourth-order valence-corrected chi connectivity index (χ4v) is 4.20. The molecule has 124 valence electrons. The number of hydrogen-bond donors (Lipinski definition) is 0. The number of rotatable bonds is 2. The van der Waals surface area contributed by atoms with Crippen LogP contribution in [-0.4, -0.2) is 35.3 Å². The second-order valence-corrected chi connectivity index (χ2v) is 7.05. The standard InChI is InChI=1S/C18H18FN3OS/c1-11-7-22(8-12(2)23-11)17-16-15(9-24-18(16)21-10-20-17)13-3-5-14(19)6-4-13/h3-6,9-12H,7-8H2,1-2H3/t11-,12-/m0/s1. The fraction of sp³-hybridized carbons (Fsp3) is 0.333. The molecule has 0 bridgehead atoms. The van der Waals surface area contributed by atoms with Gasteiger partial charge in [-0.2, -0.15) is 0 Å². The van der Waals surface area contributed by atoms with Crippen molar-refractivity contribution in [1.82, 2.24) is 9.97 Å². The smallest absolute Gasteiger partial charge is 0.141 e. The minimum atomic E-state index is -0.231. The summed E-state index contributed by atoms with van der Waals surface area (Å²) in [5, 5.41) is 3.11. The summed E-state index contributed by atoms with van der Waals surface area (Å²) in [4.78, 5) is 12.2. The summed E-state index contributed by atoms with van der Waals surface area (Å²) in [6.45, 7) is 5.76. The van der Waals surface area contributed by atoms with E-state index in [9.17, 15) is 4.39 Å². The summed E-state index contributed by atoms with van der Waals surface area (Å²) in [5.41, 5.74) is 2.03. The Morgan fingerprint density at radius 2 is 1.83 bits per heavy atom. The Morgan fingerprint density at radius 1 is 1.12 bits per heavy atom. The highest BCUT2D eigenvalue weighted by molar-refractivity contribution is 7.17. The van der Waals surface area contributed by atoms with Gasteiger partial charge in [0.25, 0.3) is 0 Å². The van der Waals surface area contributed by atoms with Crippen molar-refractivity contribution in [3.63, 3.8) is 0 Å². The largest absolute Gasteiger partial charge is 0.372 e. The molecule has 0 aliphatic carbocycles. The third-order valence-electron chi connectivity index (χ3n) is 4.22. The Kier molecular flexibility index (Phi) is 3.94. The van der Waals surface area contributed by atoms with Crippen LogP contribution in [0.5, 0.6) is 0 Å². The maximum absolute atomic E-state index is 13.3. The van der Waals surface area contributed by atoms with Crippen molar-refractivity contribution in [2.75, 3.05) is 18.0 Å².